The first-order chi connectivity index (χ1) is 17.9. The Bertz CT molecular complexity index is 1490. The van der Waals surface area contributed by atoms with Crippen molar-refractivity contribution in [2.45, 2.75) is 61.3 Å². The molecule has 2 fully saturated rings. The third-order valence-corrected chi connectivity index (χ3v) is 8.85. The molecule has 3 heterocycles. The zero-order valence-corrected chi connectivity index (χ0v) is 21.4. The van der Waals surface area contributed by atoms with Gasteiger partial charge in [0.2, 0.25) is 5.92 Å². The Labute approximate surface area is 217 Å². The van der Waals surface area contributed by atoms with E-state index in [1.807, 2.05) is 0 Å². The van der Waals surface area contributed by atoms with Crippen LogP contribution in [0.25, 0.3) is 11.1 Å². The lowest BCUT2D eigenvalue weighted by molar-refractivity contribution is -0.0807. The highest BCUT2D eigenvalue weighted by Gasteiger charge is 2.53. The summed E-state index contributed by atoms with van der Waals surface area (Å²) in [5, 5.41) is 13.0. The van der Waals surface area contributed by atoms with Gasteiger partial charge < -0.3 is 14.8 Å². The summed E-state index contributed by atoms with van der Waals surface area (Å²) >= 11 is 0. The van der Waals surface area contributed by atoms with Crippen molar-refractivity contribution in [3.63, 3.8) is 0 Å². The van der Waals surface area contributed by atoms with Gasteiger partial charge in [0.15, 0.2) is 21.2 Å². The summed E-state index contributed by atoms with van der Waals surface area (Å²) in [5.41, 5.74) is -0.237. The van der Waals surface area contributed by atoms with Crippen molar-refractivity contribution in [1.29, 1.82) is 0 Å². The lowest BCUT2D eigenvalue weighted by Gasteiger charge is -2.51. The van der Waals surface area contributed by atoms with Crippen molar-refractivity contribution in [2.24, 2.45) is 5.92 Å². The van der Waals surface area contributed by atoms with Gasteiger partial charge >= 0.3 is 6.09 Å². The van der Waals surface area contributed by atoms with Crippen LogP contribution in [-0.4, -0.2) is 53.2 Å². The first kappa shape index (κ1) is 26.3. The van der Waals surface area contributed by atoms with Crippen LogP contribution in [0, 0.1) is 11.7 Å². The molecule has 2 aromatic heterocycles. The number of hydrogen-bond donors (Lipinski definition) is 2. The van der Waals surface area contributed by atoms with Crippen LogP contribution in [0.1, 0.15) is 50.5 Å². The topological polar surface area (TPSA) is 126 Å². The molecular weight excluding hydrogens is 525 g/mol. The maximum atomic E-state index is 14.7. The van der Waals surface area contributed by atoms with Crippen molar-refractivity contribution in [1.82, 2.24) is 14.9 Å². The molecule has 2 N–H and O–H groups in total. The molecule has 13 heteroatoms. The number of piperidine rings is 1. The number of furan rings is 1. The summed E-state index contributed by atoms with van der Waals surface area (Å²) < 4.78 is 72.2. The van der Waals surface area contributed by atoms with E-state index in [1.165, 1.54) is 29.6 Å². The molecule has 1 atom stereocenters. The first-order valence-corrected chi connectivity index (χ1v) is 14.2. The molecule has 1 amide bonds. The van der Waals surface area contributed by atoms with Crippen LogP contribution >= 0.6 is 0 Å². The van der Waals surface area contributed by atoms with E-state index in [4.69, 9.17) is 4.42 Å². The van der Waals surface area contributed by atoms with Crippen LogP contribution in [0.5, 0.6) is 0 Å². The lowest BCUT2D eigenvalue weighted by Crippen LogP contribution is -2.57. The van der Waals surface area contributed by atoms with E-state index in [2.05, 4.69) is 15.3 Å². The average molecular weight is 553 g/mol. The maximum absolute atomic E-state index is 14.7. The predicted octanol–water partition coefficient (Wildman–Crippen LogP) is 5.69. The van der Waals surface area contributed by atoms with E-state index in [0.29, 0.717) is 30.3 Å². The number of sulfone groups is 1. The number of carboxylic acid groups (broad SMARTS) is 1. The minimum atomic E-state index is -3.61. The Morgan fingerprint density at radius 3 is 2.58 bits per heavy atom. The van der Waals surface area contributed by atoms with Crippen LogP contribution in [0.3, 0.4) is 0 Å². The quantitative estimate of drug-likeness (QED) is 0.413. The van der Waals surface area contributed by atoms with Crippen LogP contribution in [0.4, 0.5) is 29.5 Å². The molecule has 1 aromatic carbocycles. The molecule has 0 spiro atoms. The van der Waals surface area contributed by atoms with Gasteiger partial charge in [0.05, 0.1) is 22.4 Å². The molecule has 9 nitrogen and oxygen atoms in total. The van der Waals surface area contributed by atoms with Gasteiger partial charge in [-0.25, -0.2) is 36.4 Å². The van der Waals surface area contributed by atoms with E-state index < -0.39 is 33.2 Å². The average Bonchev–Trinajstić information content (AvgIpc) is 3.30. The maximum Gasteiger partial charge on any atom is 0.408 e. The minimum absolute atomic E-state index is 0.0515. The van der Waals surface area contributed by atoms with Crippen molar-refractivity contribution in [3.8, 4) is 0 Å². The normalized spacial score (nSPS) is 22.5. The number of nitrogens with one attached hydrogen (secondary N) is 1. The molecule has 1 saturated carbocycles. The third kappa shape index (κ3) is 4.56. The Balaban J connectivity index is 1.59. The molecule has 5 rings (SSSR count). The summed E-state index contributed by atoms with van der Waals surface area (Å²) in [6.45, 7) is 0.253. The summed E-state index contributed by atoms with van der Waals surface area (Å²) in [6, 6.07) is 3.41. The van der Waals surface area contributed by atoms with Crippen LogP contribution in [0.15, 0.2) is 40.1 Å². The van der Waals surface area contributed by atoms with Gasteiger partial charge in [0.1, 0.15) is 17.7 Å². The summed E-state index contributed by atoms with van der Waals surface area (Å²) in [5.74, 6) is -3.88. The number of rotatable bonds is 5. The van der Waals surface area contributed by atoms with Gasteiger partial charge in [-0.2, -0.15) is 0 Å². The molecule has 0 bridgehead atoms. The van der Waals surface area contributed by atoms with Gasteiger partial charge in [-0.15, -0.1) is 0 Å². The Hall–Kier alpha value is -3.35. The van der Waals surface area contributed by atoms with Crippen molar-refractivity contribution in [2.75, 3.05) is 18.1 Å². The van der Waals surface area contributed by atoms with Crippen molar-refractivity contribution >= 4 is 38.5 Å². The number of halogens is 3. The van der Waals surface area contributed by atoms with Gasteiger partial charge in [0.25, 0.3) is 0 Å². The summed E-state index contributed by atoms with van der Waals surface area (Å²) in [4.78, 5) is 22.1. The number of aromatic nitrogens is 2. The number of benzene rings is 1. The predicted molar refractivity (Wildman–Crippen MR) is 132 cm³/mol. The minimum Gasteiger partial charge on any atom is -0.465 e. The Kier molecular flexibility index (Phi) is 6.52. The standard InChI is InChI=1S/C25H27F3N4O5S/c1-38(35,36)16-4-5-19(18(26)12-16)31-22-21-20(29-14-30-22)17(13-37-21)25(8-2-3-11-32(25)23(33)34)15-6-9-24(27,28)10-7-15/h4-5,12-15H,2-3,6-11H2,1H3,(H,33,34)(H,29,30,31). The van der Waals surface area contributed by atoms with E-state index in [9.17, 15) is 31.5 Å². The summed E-state index contributed by atoms with van der Waals surface area (Å²) in [7, 11) is -3.61. The third-order valence-electron chi connectivity index (χ3n) is 7.74. The van der Waals surface area contributed by atoms with Crippen LogP contribution in [0.2, 0.25) is 0 Å². The molecule has 3 aromatic rings. The zero-order chi connectivity index (χ0) is 27.3. The van der Waals surface area contributed by atoms with Gasteiger partial charge in [-0.05, 0) is 56.2 Å². The lowest BCUT2D eigenvalue weighted by atomic mass is 9.66. The largest absolute Gasteiger partial charge is 0.465 e. The SMILES string of the molecule is CS(=O)(=O)c1ccc(Nc2ncnc3c(C4(C5CCC(F)(F)CC5)CCCCN4C(=O)O)coc23)c(F)c1. The van der Waals surface area contributed by atoms with Crippen molar-refractivity contribution < 1.29 is 35.9 Å². The number of amides is 1. The van der Waals surface area contributed by atoms with Gasteiger partial charge in [-0.3, -0.25) is 4.90 Å². The van der Waals surface area contributed by atoms with E-state index in [-0.39, 0.29) is 60.1 Å². The highest BCUT2D eigenvalue weighted by Crippen LogP contribution is 2.53. The molecule has 1 unspecified atom stereocenters. The fourth-order valence-corrected chi connectivity index (χ4v) is 6.54. The molecule has 38 heavy (non-hydrogen) atoms. The van der Waals surface area contributed by atoms with Gasteiger partial charge in [0, 0.05) is 31.2 Å². The zero-order valence-electron chi connectivity index (χ0n) is 20.6. The molecule has 1 aliphatic heterocycles. The number of carbonyl (C=O) groups is 1. The van der Waals surface area contributed by atoms with Crippen LogP contribution in [-0.2, 0) is 15.4 Å². The van der Waals surface area contributed by atoms with Crippen molar-refractivity contribution in [3.05, 3.63) is 42.2 Å². The molecule has 2 aliphatic rings. The number of likely N-dealkylation sites (tertiary alicyclic amines) is 1. The number of hydrogen-bond acceptors (Lipinski definition) is 7. The van der Waals surface area contributed by atoms with Crippen LogP contribution < -0.4 is 5.32 Å². The molecule has 0 radical (unpaired) electrons. The number of nitrogens with zero attached hydrogens (tertiary/aromatic N) is 3. The van der Waals surface area contributed by atoms with E-state index in [0.717, 1.165) is 12.3 Å². The second-order valence-electron chi connectivity index (χ2n) is 10.0. The molecule has 1 aliphatic carbocycles. The number of anilines is 2. The molecule has 1 saturated heterocycles. The second-order valence-corrected chi connectivity index (χ2v) is 12.0. The monoisotopic (exact) mass is 552 g/mol. The highest BCUT2D eigenvalue weighted by atomic mass is 32.2. The summed E-state index contributed by atoms with van der Waals surface area (Å²) in [6.07, 6.45) is 3.90. The van der Waals surface area contributed by atoms with E-state index >= 15 is 0 Å². The molecule has 204 valence electrons. The molecular formula is C25H27F3N4O5S. The fraction of sp³-hybridized carbons (Fsp3) is 0.480. The first-order valence-electron chi connectivity index (χ1n) is 12.3. The number of fused-ring (bicyclic) bond motifs is 1. The fourth-order valence-electron chi connectivity index (χ4n) is 5.91. The number of alkyl halides is 2. The van der Waals surface area contributed by atoms with Gasteiger partial charge in [-0.1, -0.05) is 0 Å². The Morgan fingerprint density at radius 1 is 1.18 bits per heavy atom. The highest BCUT2D eigenvalue weighted by molar-refractivity contribution is 7.90. The second kappa shape index (κ2) is 9.44. The Morgan fingerprint density at radius 2 is 1.92 bits per heavy atom. The smallest absolute Gasteiger partial charge is 0.408 e. The van der Waals surface area contributed by atoms with E-state index in [1.54, 1.807) is 0 Å².